The van der Waals surface area contributed by atoms with Gasteiger partial charge in [0, 0.05) is 34.5 Å². The smallest absolute Gasteiger partial charge is 0.254 e. The Morgan fingerprint density at radius 2 is 2.24 bits per heavy atom. The van der Waals surface area contributed by atoms with Crippen molar-refractivity contribution in [2.45, 2.75) is 13.0 Å². The molecule has 6 heteroatoms. The van der Waals surface area contributed by atoms with Crippen molar-refractivity contribution in [3.63, 3.8) is 0 Å². The standard InChI is InChI=1S/C11H15FN2O2S/c1-7(6-17(2)16)14-11(15)9-5-8(13)3-4-10(9)12/h3-5,7H,6,13H2,1-2H3,(H,14,15). The lowest BCUT2D eigenvalue weighted by atomic mass is 10.1. The second kappa shape index (κ2) is 5.77. The van der Waals surface area contributed by atoms with Gasteiger partial charge in [0.2, 0.25) is 0 Å². The Morgan fingerprint density at radius 3 is 2.82 bits per heavy atom. The summed E-state index contributed by atoms with van der Waals surface area (Å²) in [7, 11) is -1.01. The first-order valence-electron chi connectivity index (χ1n) is 5.06. The maximum absolute atomic E-state index is 13.4. The molecular formula is C11H15FN2O2S. The second-order valence-electron chi connectivity index (χ2n) is 3.85. The lowest BCUT2D eigenvalue weighted by Gasteiger charge is -2.13. The second-order valence-corrected chi connectivity index (χ2v) is 5.33. The minimum absolute atomic E-state index is 0.0984. The summed E-state index contributed by atoms with van der Waals surface area (Å²) in [6, 6.07) is 3.53. The third-order valence-electron chi connectivity index (χ3n) is 2.10. The van der Waals surface area contributed by atoms with Gasteiger partial charge >= 0.3 is 0 Å². The molecule has 1 amide bonds. The predicted octanol–water partition coefficient (Wildman–Crippen LogP) is 0.905. The number of hydrogen-bond acceptors (Lipinski definition) is 3. The summed E-state index contributed by atoms with van der Waals surface area (Å²) in [5, 5.41) is 2.57. The van der Waals surface area contributed by atoms with Gasteiger partial charge in [0.15, 0.2) is 0 Å². The Morgan fingerprint density at radius 1 is 1.59 bits per heavy atom. The molecule has 0 aliphatic rings. The average Bonchev–Trinajstić information content (AvgIpc) is 2.20. The maximum atomic E-state index is 13.4. The van der Waals surface area contributed by atoms with Gasteiger partial charge in [-0.15, -0.1) is 0 Å². The van der Waals surface area contributed by atoms with Gasteiger partial charge in [-0.3, -0.25) is 9.00 Å². The van der Waals surface area contributed by atoms with Gasteiger partial charge in [0.05, 0.1) is 5.56 Å². The number of carbonyl (C=O) groups excluding carboxylic acids is 1. The van der Waals surface area contributed by atoms with Crippen LogP contribution in [-0.4, -0.2) is 28.2 Å². The molecule has 0 fully saturated rings. The molecule has 0 spiro atoms. The molecule has 0 aromatic heterocycles. The van der Waals surface area contributed by atoms with Crippen molar-refractivity contribution in [2.75, 3.05) is 17.7 Å². The van der Waals surface area contributed by atoms with E-state index < -0.39 is 22.5 Å². The number of halogens is 1. The molecule has 3 N–H and O–H groups in total. The summed E-state index contributed by atoms with van der Waals surface area (Å²) < 4.78 is 24.3. The highest BCUT2D eigenvalue weighted by atomic mass is 32.2. The van der Waals surface area contributed by atoms with E-state index in [0.29, 0.717) is 11.4 Å². The van der Waals surface area contributed by atoms with Gasteiger partial charge in [-0.25, -0.2) is 4.39 Å². The zero-order valence-electron chi connectivity index (χ0n) is 9.70. The molecule has 0 bridgehead atoms. The minimum Gasteiger partial charge on any atom is -0.399 e. The van der Waals surface area contributed by atoms with Crippen molar-refractivity contribution in [1.82, 2.24) is 5.32 Å². The van der Waals surface area contributed by atoms with Crippen LogP contribution in [0, 0.1) is 5.82 Å². The summed E-state index contributed by atoms with van der Waals surface area (Å²) in [5.41, 5.74) is 5.71. The molecule has 0 saturated carbocycles. The topological polar surface area (TPSA) is 72.2 Å². The highest BCUT2D eigenvalue weighted by Crippen LogP contribution is 2.12. The number of nitrogens with two attached hydrogens (primary N) is 1. The highest BCUT2D eigenvalue weighted by Gasteiger charge is 2.14. The van der Waals surface area contributed by atoms with Crippen molar-refractivity contribution >= 4 is 22.4 Å². The summed E-state index contributed by atoms with van der Waals surface area (Å²) in [5.74, 6) is -0.843. The molecule has 0 saturated heterocycles. The number of benzene rings is 1. The van der Waals surface area contributed by atoms with E-state index in [0.717, 1.165) is 6.07 Å². The van der Waals surface area contributed by atoms with Gasteiger partial charge in [-0.2, -0.15) is 0 Å². The summed E-state index contributed by atoms with van der Waals surface area (Å²) >= 11 is 0. The molecule has 0 aliphatic heterocycles. The predicted molar refractivity (Wildman–Crippen MR) is 66.7 cm³/mol. The van der Waals surface area contributed by atoms with Crippen molar-refractivity contribution in [3.8, 4) is 0 Å². The fraction of sp³-hybridized carbons (Fsp3) is 0.364. The largest absolute Gasteiger partial charge is 0.399 e. The van der Waals surface area contributed by atoms with Gasteiger partial charge in [-0.05, 0) is 25.1 Å². The highest BCUT2D eigenvalue weighted by molar-refractivity contribution is 7.84. The minimum atomic E-state index is -1.01. The summed E-state index contributed by atoms with van der Waals surface area (Å²) in [4.78, 5) is 11.7. The van der Waals surface area contributed by atoms with E-state index in [1.54, 1.807) is 13.2 Å². The molecule has 1 aromatic rings. The van der Waals surface area contributed by atoms with Gasteiger partial charge in [0.25, 0.3) is 5.91 Å². The van der Waals surface area contributed by atoms with Crippen molar-refractivity contribution < 1.29 is 13.4 Å². The first kappa shape index (κ1) is 13.6. The molecule has 0 aliphatic carbocycles. The Balaban J connectivity index is 2.76. The van der Waals surface area contributed by atoms with Crippen LogP contribution in [0.2, 0.25) is 0 Å². The van der Waals surface area contributed by atoms with Crippen molar-refractivity contribution in [1.29, 1.82) is 0 Å². The quantitative estimate of drug-likeness (QED) is 0.788. The zero-order chi connectivity index (χ0) is 13.0. The fourth-order valence-corrected chi connectivity index (χ4v) is 2.20. The number of rotatable bonds is 4. The summed E-state index contributed by atoms with van der Waals surface area (Å²) in [6.45, 7) is 1.71. The molecule has 0 heterocycles. The van der Waals surface area contributed by atoms with E-state index in [9.17, 15) is 13.4 Å². The summed E-state index contributed by atoms with van der Waals surface area (Å²) in [6.07, 6.45) is 1.55. The van der Waals surface area contributed by atoms with Crippen molar-refractivity contribution in [3.05, 3.63) is 29.6 Å². The van der Waals surface area contributed by atoms with E-state index in [1.165, 1.54) is 12.1 Å². The lowest BCUT2D eigenvalue weighted by molar-refractivity contribution is 0.0939. The first-order chi connectivity index (χ1) is 7.90. The molecule has 94 valence electrons. The van der Waals surface area contributed by atoms with E-state index in [2.05, 4.69) is 5.32 Å². The number of anilines is 1. The SMILES string of the molecule is CC(CS(C)=O)NC(=O)c1cc(N)ccc1F. The Kier molecular flexibility index (Phi) is 4.62. The molecule has 2 atom stereocenters. The van der Waals surface area contributed by atoms with E-state index >= 15 is 0 Å². The van der Waals surface area contributed by atoms with Gasteiger partial charge in [-0.1, -0.05) is 0 Å². The molecule has 17 heavy (non-hydrogen) atoms. The van der Waals surface area contributed by atoms with E-state index in [-0.39, 0.29) is 11.6 Å². The third kappa shape index (κ3) is 4.14. The van der Waals surface area contributed by atoms with Gasteiger partial charge < -0.3 is 11.1 Å². The lowest BCUT2D eigenvalue weighted by Crippen LogP contribution is -2.36. The molecule has 1 rings (SSSR count). The van der Waals surface area contributed by atoms with Crippen LogP contribution in [0.4, 0.5) is 10.1 Å². The fourth-order valence-electron chi connectivity index (χ4n) is 1.41. The van der Waals surface area contributed by atoms with Crippen LogP contribution in [0.1, 0.15) is 17.3 Å². The Hall–Kier alpha value is -1.43. The van der Waals surface area contributed by atoms with Crippen LogP contribution in [0.3, 0.4) is 0 Å². The normalized spacial score (nSPS) is 14.1. The van der Waals surface area contributed by atoms with Crippen LogP contribution >= 0.6 is 0 Å². The zero-order valence-corrected chi connectivity index (χ0v) is 10.5. The van der Waals surface area contributed by atoms with Crippen LogP contribution in [0.5, 0.6) is 0 Å². The van der Waals surface area contributed by atoms with Crippen LogP contribution in [0.25, 0.3) is 0 Å². The maximum Gasteiger partial charge on any atom is 0.254 e. The number of nitrogen functional groups attached to an aromatic ring is 1. The van der Waals surface area contributed by atoms with Gasteiger partial charge in [0.1, 0.15) is 5.82 Å². The molecule has 4 nitrogen and oxygen atoms in total. The Labute approximate surface area is 102 Å². The Bertz CT molecular complexity index is 451. The number of amides is 1. The molecule has 1 aromatic carbocycles. The number of carbonyl (C=O) groups is 1. The van der Waals surface area contributed by atoms with E-state index in [4.69, 9.17) is 5.73 Å². The number of hydrogen-bond donors (Lipinski definition) is 2. The average molecular weight is 258 g/mol. The van der Waals surface area contributed by atoms with Crippen molar-refractivity contribution in [2.24, 2.45) is 0 Å². The van der Waals surface area contributed by atoms with Crippen LogP contribution in [-0.2, 0) is 10.8 Å². The molecule has 2 unspecified atom stereocenters. The van der Waals surface area contributed by atoms with E-state index in [1.807, 2.05) is 0 Å². The molecular weight excluding hydrogens is 243 g/mol. The van der Waals surface area contributed by atoms with Crippen LogP contribution < -0.4 is 11.1 Å². The third-order valence-corrected chi connectivity index (χ3v) is 3.07. The molecule has 0 radical (unpaired) electrons. The first-order valence-corrected chi connectivity index (χ1v) is 6.78. The van der Waals surface area contributed by atoms with Crippen LogP contribution in [0.15, 0.2) is 18.2 Å². The monoisotopic (exact) mass is 258 g/mol. The number of nitrogens with one attached hydrogen (secondary N) is 1.